The molecule has 0 aromatic heterocycles. The SMILES string of the molecule is CC(Nc1cc(Cl)ccc1F)c1ccc2c(c1)OCO2. The first-order chi connectivity index (χ1) is 9.63. The van der Waals surface area contributed by atoms with Gasteiger partial charge < -0.3 is 14.8 Å². The van der Waals surface area contributed by atoms with Gasteiger partial charge in [0.2, 0.25) is 6.79 Å². The number of fused-ring (bicyclic) bond motifs is 1. The Hall–Kier alpha value is -1.94. The lowest BCUT2D eigenvalue weighted by atomic mass is 10.1. The van der Waals surface area contributed by atoms with Gasteiger partial charge in [0.25, 0.3) is 0 Å². The minimum atomic E-state index is -0.331. The molecule has 1 aliphatic heterocycles. The molecule has 20 heavy (non-hydrogen) atoms. The molecule has 0 fully saturated rings. The average Bonchev–Trinajstić information content (AvgIpc) is 2.90. The maximum absolute atomic E-state index is 13.7. The number of anilines is 1. The summed E-state index contributed by atoms with van der Waals surface area (Å²) in [5.74, 6) is 1.11. The Balaban J connectivity index is 1.82. The zero-order chi connectivity index (χ0) is 14.1. The number of benzene rings is 2. The molecule has 0 spiro atoms. The standard InChI is InChI=1S/C15H13ClFNO2/c1-9(18-13-7-11(16)3-4-12(13)17)10-2-5-14-15(6-10)20-8-19-14/h2-7,9,18H,8H2,1H3. The predicted molar refractivity (Wildman–Crippen MR) is 76.0 cm³/mol. The van der Waals surface area contributed by atoms with Crippen LogP contribution in [0.5, 0.6) is 11.5 Å². The van der Waals surface area contributed by atoms with Crippen molar-refractivity contribution in [3.05, 3.63) is 52.8 Å². The van der Waals surface area contributed by atoms with Gasteiger partial charge >= 0.3 is 0 Å². The summed E-state index contributed by atoms with van der Waals surface area (Å²) in [7, 11) is 0. The van der Waals surface area contributed by atoms with Crippen molar-refractivity contribution in [1.82, 2.24) is 0 Å². The molecule has 0 saturated heterocycles. The van der Waals surface area contributed by atoms with E-state index in [1.165, 1.54) is 12.1 Å². The summed E-state index contributed by atoms with van der Waals surface area (Å²) in [6.45, 7) is 2.18. The molecule has 0 bridgehead atoms. The predicted octanol–water partition coefficient (Wildman–Crippen LogP) is 4.38. The van der Waals surface area contributed by atoms with Crippen molar-refractivity contribution >= 4 is 17.3 Å². The molecule has 1 atom stereocenters. The van der Waals surface area contributed by atoms with Crippen LogP contribution in [0.15, 0.2) is 36.4 Å². The summed E-state index contributed by atoms with van der Waals surface area (Å²) in [5.41, 5.74) is 1.36. The summed E-state index contributed by atoms with van der Waals surface area (Å²) in [4.78, 5) is 0. The zero-order valence-corrected chi connectivity index (χ0v) is 11.6. The second-order valence-corrected chi connectivity index (χ2v) is 5.04. The first-order valence-electron chi connectivity index (χ1n) is 6.24. The van der Waals surface area contributed by atoms with Crippen molar-refractivity contribution < 1.29 is 13.9 Å². The van der Waals surface area contributed by atoms with Crippen LogP contribution in [0.1, 0.15) is 18.5 Å². The minimum absolute atomic E-state index is 0.0857. The Morgan fingerprint density at radius 2 is 1.95 bits per heavy atom. The molecule has 0 amide bonds. The van der Waals surface area contributed by atoms with Crippen LogP contribution >= 0.6 is 11.6 Å². The Bertz CT molecular complexity index is 648. The van der Waals surface area contributed by atoms with E-state index in [0.717, 1.165) is 11.3 Å². The van der Waals surface area contributed by atoms with Gasteiger partial charge in [-0.1, -0.05) is 17.7 Å². The highest BCUT2D eigenvalue weighted by molar-refractivity contribution is 6.30. The Kier molecular flexibility index (Phi) is 3.40. The van der Waals surface area contributed by atoms with E-state index in [0.29, 0.717) is 16.5 Å². The van der Waals surface area contributed by atoms with E-state index in [9.17, 15) is 4.39 Å². The summed E-state index contributed by atoms with van der Waals surface area (Å²) < 4.78 is 24.3. The molecule has 0 radical (unpaired) electrons. The molecule has 0 saturated carbocycles. The fourth-order valence-electron chi connectivity index (χ4n) is 2.11. The smallest absolute Gasteiger partial charge is 0.231 e. The van der Waals surface area contributed by atoms with Crippen LogP contribution in [0, 0.1) is 5.82 Å². The molecule has 3 nitrogen and oxygen atoms in total. The van der Waals surface area contributed by atoms with E-state index >= 15 is 0 Å². The van der Waals surface area contributed by atoms with Gasteiger partial charge in [-0.15, -0.1) is 0 Å². The van der Waals surface area contributed by atoms with Gasteiger partial charge in [0.1, 0.15) is 5.82 Å². The van der Waals surface area contributed by atoms with Crippen LogP contribution in [0.3, 0.4) is 0 Å². The van der Waals surface area contributed by atoms with Crippen molar-refractivity contribution in [3.8, 4) is 11.5 Å². The van der Waals surface area contributed by atoms with Gasteiger partial charge in [-0.25, -0.2) is 4.39 Å². The Labute approximate surface area is 121 Å². The number of rotatable bonds is 3. The van der Waals surface area contributed by atoms with Gasteiger partial charge in [0.05, 0.1) is 5.69 Å². The number of nitrogens with one attached hydrogen (secondary N) is 1. The molecular formula is C15H13ClFNO2. The minimum Gasteiger partial charge on any atom is -0.454 e. The first-order valence-corrected chi connectivity index (χ1v) is 6.62. The quantitative estimate of drug-likeness (QED) is 0.911. The second-order valence-electron chi connectivity index (χ2n) is 4.60. The topological polar surface area (TPSA) is 30.5 Å². The van der Waals surface area contributed by atoms with E-state index in [4.69, 9.17) is 21.1 Å². The third kappa shape index (κ3) is 2.51. The molecule has 2 aromatic rings. The molecule has 5 heteroatoms. The monoisotopic (exact) mass is 293 g/mol. The van der Waals surface area contributed by atoms with Crippen LogP contribution in [0.4, 0.5) is 10.1 Å². The normalized spacial score (nSPS) is 14.2. The fraction of sp³-hybridized carbons (Fsp3) is 0.200. The molecule has 3 rings (SSSR count). The van der Waals surface area contributed by atoms with Gasteiger partial charge in [-0.2, -0.15) is 0 Å². The van der Waals surface area contributed by atoms with Crippen LogP contribution < -0.4 is 14.8 Å². The highest BCUT2D eigenvalue weighted by Crippen LogP contribution is 2.35. The Morgan fingerprint density at radius 3 is 2.80 bits per heavy atom. The van der Waals surface area contributed by atoms with Crippen molar-refractivity contribution in [2.75, 3.05) is 12.1 Å². The van der Waals surface area contributed by atoms with Gasteiger partial charge in [0, 0.05) is 11.1 Å². The van der Waals surface area contributed by atoms with Crippen LogP contribution in [-0.4, -0.2) is 6.79 Å². The highest BCUT2D eigenvalue weighted by atomic mass is 35.5. The summed E-state index contributed by atoms with van der Waals surface area (Å²) in [6.07, 6.45) is 0. The average molecular weight is 294 g/mol. The lowest BCUT2D eigenvalue weighted by Gasteiger charge is -2.17. The van der Waals surface area contributed by atoms with Crippen molar-refractivity contribution in [2.45, 2.75) is 13.0 Å². The summed E-state index contributed by atoms with van der Waals surface area (Å²) in [6, 6.07) is 10.0. The lowest BCUT2D eigenvalue weighted by Crippen LogP contribution is -2.07. The number of hydrogen-bond acceptors (Lipinski definition) is 3. The molecular weight excluding hydrogens is 281 g/mol. The summed E-state index contributed by atoms with van der Waals surface area (Å²) in [5, 5.41) is 3.60. The number of halogens is 2. The summed E-state index contributed by atoms with van der Waals surface area (Å²) >= 11 is 5.88. The molecule has 1 N–H and O–H groups in total. The fourth-order valence-corrected chi connectivity index (χ4v) is 2.28. The lowest BCUT2D eigenvalue weighted by molar-refractivity contribution is 0.174. The number of ether oxygens (including phenoxy) is 2. The van der Waals surface area contributed by atoms with Crippen molar-refractivity contribution in [1.29, 1.82) is 0 Å². The molecule has 1 unspecified atom stereocenters. The van der Waals surface area contributed by atoms with Gasteiger partial charge in [0.15, 0.2) is 11.5 Å². The van der Waals surface area contributed by atoms with Crippen molar-refractivity contribution in [3.63, 3.8) is 0 Å². The highest BCUT2D eigenvalue weighted by Gasteiger charge is 2.16. The molecule has 104 valence electrons. The molecule has 1 aliphatic rings. The first kappa shape index (κ1) is 13.1. The van der Waals surface area contributed by atoms with E-state index in [-0.39, 0.29) is 18.7 Å². The molecule has 2 aromatic carbocycles. The van der Waals surface area contributed by atoms with Gasteiger partial charge in [-0.05, 0) is 42.8 Å². The zero-order valence-electron chi connectivity index (χ0n) is 10.8. The maximum atomic E-state index is 13.7. The second kappa shape index (κ2) is 5.21. The van der Waals surface area contributed by atoms with Crippen molar-refractivity contribution in [2.24, 2.45) is 0 Å². The van der Waals surface area contributed by atoms with E-state index in [1.54, 1.807) is 6.07 Å². The van der Waals surface area contributed by atoms with Crippen LogP contribution in [0.2, 0.25) is 5.02 Å². The molecule has 0 aliphatic carbocycles. The largest absolute Gasteiger partial charge is 0.454 e. The maximum Gasteiger partial charge on any atom is 0.231 e. The van der Waals surface area contributed by atoms with E-state index in [1.807, 2.05) is 25.1 Å². The van der Waals surface area contributed by atoms with Crippen LogP contribution in [0.25, 0.3) is 0 Å². The van der Waals surface area contributed by atoms with E-state index < -0.39 is 0 Å². The van der Waals surface area contributed by atoms with Crippen LogP contribution in [-0.2, 0) is 0 Å². The third-order valence-corrected chi connectivity index (χ3v) is 3.43. The third-order valence-electron chi connectivity index (χ3n) is 3.20. The molecule has 1 heterocycles. The Morgan fingerprint density at radius 1 is 1.15 bits per heavy atom. The van der Waals surface area contributed by atoms with Gasteiger partial charge in [-0.3, -0.25) is 0 Å². The number of hydrogen-bond donors (Lipinski definition) is 1. The van der Waals surface area contributed by atoms with E-state index in [2.05, 4.69) is 5.32 Å².